The highest BCUT2D eigenvalue weighted by molar-refractivity contribution is 6.10. The molecular weight excluding hydrogens is 774 g/mol. The van der Waals surface area contributed by atoms with Crippen LogP contribution in [0.25, 0.3) is 16.6 Å². The van der Waals surface area contributed by atoms with E-state index in [1.54, 1.807) is 17.0 Å². The van der Waals surface area contributed by atoms with E-state index in [4.69, 9.17) is 5.73 Å². The number of phenols is 1. The Bertz CT molecular complexity index is 2430. The number of likely N-dealkylation sites (tertiary alicyclic amines) is 3. The van der Waals surface area contributed by atoms with E-state index >= 15 is 4.39 Å². The van der Waals surface area contributed by atoms with Gasteiger partial charge in [0, 0.05) is 106 Å². The fourth-order valence-corrected chi connectivity index (χ4v) is 10.3. The third kappa shape index (κ3) is 8.01. The average Bonchev–Trinajstić information content (AvgIpc) is 3.69. The third-order valence-corrected chi connectivity index (χ3v) is 13.6. The topological polar surface area (TPSA) is 151 Å². The van der Waals surface area contributed by atoms with E-state index in [0.717, 1.165) is 91.0 Å². The predicted octanol–water partition coefficient (Wildman–Crippen LogP) is 6.15. The first-order valence-electron chi connectivity index (χ1n) is 21.7. The third-order valence-electron chi connectivity index (χ3n) is 13.6. The van der Waals surface area contributed by atoms with Crippen LogP contribution in [-0.2, 0) is 4.79 Å². The Labute approximate surface area is 356 Å². The number of aromatic nitrogens is 1. The van der Waals surface area contributed by atoms with Gasteiger partial charge in [-0.05, 0) is 98.7 Å². The number of hydrogen-bond acceptors (Lipinski definition) is 9. The number of hydrazine groups is 1. The van der Waals surface area contributed by atoms with E-state index in [0.29, 0.717) is 56.0 Å². The van der Waals surface area contributed by atoms with Crippen molar-refractivity contribution in [3.8, 4) is 5.75 Å². The molecule has 6 heterocycles. The van der Waals surface area contributed by atoms with Crippen molar-refractivity contribution in [2.24, 2.45) is 5.73 Å². The number of imide groups is 1. The number of nitrogens with zero attached hydrogens (tertiary/aromatic N) is 5. The highest BCUT2D eigenvalue weighted by atomic mass is 19.1. The van der Waals surface area contributed by atoms with Gasteiger partial charge in [0.15, 0.2) is 0 Å². The number of fused-ring (bicyclic) bond motifs is 1. The molecule has 1 aromatic heterocycles. The number of carbonyl (C=O) groups excluding carboxylic acids is 3. The van der Waals surface area contributed by atoms with Crippen molar-refractivity contribution in [2.75, 3.05) is 57.3 Å². The summed E-state index contributed by atoms with van der Waals surface area (Å²) in [5.74, 6) is 0.677. The number of nitrogens with two attached hydrogens (primary N) is 1. The van der Waals surface area contributed by atoms with Crippen LogP contribution in [0, 0.1) is 13.8 Å². The number of allylic oxidation sites excluding steroid dienone is 1. The summed E-state index contributed by atoms with van der Waals surface area (Å²) in [5.41, 5.74) is 19.4. The molecule has 0 unspecified atom stereocenters. The van der Waals surface area contributed by atoms with E-state index in [9.17, 15) is 19.5 Å². The summed E-state index contributed by atoms with van der Waals surface area (Å²) in [7, 11) is 0. The Morgan fingerprint density at radius 3 is 2.46 bits per heavy atom. The molecule has 6 N–H and O–H groups in total. The molecule has 4 aromatic rings. The van der Waals surface area contributed by atoms with Crippen molar-refractivity contribution in [1.82, 2.24) is 35.4 Å². The highest BCUT2D eigenvalue weighted by Gasteiger charge is 2.39. The Morgan fingerprint density at radius 1 is 0.918 bits per heavy atom. The minimum absolute atomic E-state index is 0.0463. The summed E-state index contributed by atoms with van der Waals surface area (Å²) >= 11 is 0. The normalized spacial score (nSPS) is 21.6. The van der Waals surface area contributed by atoms with Crippen LogP contribution in [0.5, 0.6) is 5.75 Å². The van der Waals surface area contributed by atoms with Crippen molar-refractivity contribution in [3.63, 3.8) is 0 Å². The van der Waals surface area contributed by atoms with Crippen LogP contribution < -0.4 is 26.8 Å². The number of nitrogens with one attached hydrogen (secondary N) is 3. The van der Waals surface area contributed by atoms with E-state index in [-0.39, 0.29) is 42.0 Å². The lowest BCUT2D eigenvalue weighted by molar-refractivity contribution is -0.120. The average molecular weight is 830 g/mol. The summed E-state index contributed by atoms with van der Waals surface area (Å²) < 4.78 is 18.7. The number of alkyl halides is 1. The molecule has 0 bridgehead atoms. The first-order chi connectivity index (χ1) is 29.4. The predicted molar refractivity (Wildman–Crippen MR) is 234 cm³/mol. The maximum atomic E-state index is 16.4. The number of aryl methyl sites for hydroxylation is 2. The molecule has 0 radical (unpaired) electrons. The zero-order chi connectivity index (χ0) is 42.4. The van der Waals surface area contributed by atoms with Crippen LogP contribution >= 0.6 is 0 Å². The van der Waals surface area contributed by atoms with Crippen molar-refractivity contribution in [1.29, 1.82) is 0 Å². The molecule has 0 saturated carbocycles. The maximum absolute atomic E-state index is 16.4. The Hall–Kier alpha value is -6.02. The summed E-state index contributed by atoms with van der Waals surface area (Å²) in [4.78, 5) is 46.4. The maximum Gasteiger partial charge on any atom is 0.328 e. The molecule has 9 rings (SSSR count). The van der Waals surface area contributed by atoms with Gasteiger partial charge in [-0.2, -0.15) is 0 Å². The van der Waals surface area contributed by atoms with Crippen molar-refractivity contribution in [3.05, 3.63) is 112 Å². The number of aromatic hydroxyl groups is 1. The molecule has 4 amide bonds. The van der Waals surface area contributed by atoms with Crippen LogP contribution in [0.1, 0.15) is 89.5 Å². The Balaban J connectivity index is 0.784. The first-order valence-corrected chi connectivity index (χ1v) is 21.7. The molecule has 1 atom stereocenters. The van der Waals surface area contributed by atoms with Crippen LogP contribution in [-0.4, -0.2) is 100 Å². The van der Waals surface area contributed by atoms with Crippen LogP contribution in [0.15, 0.2) is 84.5 Å². The van der Waals surface area contributed by atoms with Crippen LogP contribution in [0.4, 0.5) is 14.9 Å². The molecule has 0 aliphatic carbocycles. The van der Waals surface area contributed by atoms with Gasteiger partial charge in [-0.15, -0.1) is 0 Å². The van der Waals surface area contributed by atoms with Gasteiger partial charge in [0.25, 0.3) is 5.91 Å². The zero-order valence-electron chi connectivity index (χ0n) is 35.1. The van der Waals surface area contributed by atoms with Crippen LogP contribution in [0.3, 0.4) is 0 Å². The monoisotopic (exact) mass is 829 g/mol. The van der Waals surface area contributed by atoms with Gasteiger partial charge >= 0.3 is 6.03 Å². The van der Waals surface area contributed by atoms with E-state index in [1.807, 2.05) is 48.2 Å². The Kier molecular flexibility index (Phi) is 10.9. The lowest BCUT2D eigenvalue weighted by atomic mass is 9.86. The molecule has 3 aromatic carbocycles. The fraction of sp³-hybridized carbons (Fsp3) is 0.426. The van der Waals surface area contributed by atoms with Crippen molar-refractivity contribution in [2.45, 2.75) is 76.4 Å². The Morgan fingerprint density at radius 2 is 1.70 bits per heavy atom. The van der Waals surface area contributed by atoms with Crippen molar-refractivity contribution < 1.29 is 23.9 Å². The van der Waals surface area contributed by atoms with Gasteiger partial charge in [-0.1, -0.05) is 24.3 Å². The molecule has 13 nitrogen and oxygen atoms in total. The number of benzene rings is 3. The number of amides is 4. The molecule has 14 heteroatoms. The van der Waals surface area contributed by atoms with Gasteiger partial charge in [-0.3, -0.25) is 30.7 Å². The van der Waals surface area contributed by atoms with E-state index in [1.165, 1.54) is 5.56 Å². The largest absolute Gasteiger partial charge is 0.507 e. The van der Waals surface area contributed by atoms with Gasteiger partial charge in [0.05, 0.1) is 22.6 Å². The number of phenolic OH excluding ortho intramolecular Hbond substituents is 1. The summed E-state index contributed by atoms with van der Waals surface area (Å²) in [6.07, 6.45) is 8.78. The molecule has 61 heavy (non-hydrogen) atoms. The van der Waals surface area contributed by atoms with Crippen LogP contribution in [0.2, 0.25) is 0 Å². The number of hydrogen-bond donors (Lipinski definition) is 5. The van der Waals surface area contributed by atoms with E-state index < -0.39 is 5.67 Å². The standard InChI is InChI=1S/C47H56FN9O4/c1-30-9-12-39-37(43(30)57-23-16-42(59)50-46(57)61)15-22-56(39)34-13-20-53(21-14-34)29-47(48)17-24-54(25-18-47)45(60)32-10-11-35(31(2)26-32)33-6-5-19-55(28-33)40-27-38(51-52-44(40)49)36-7-3-4-8-41(36)58/h3-4,7-12,15,22,26-27,33-34,51-52,58H,5-6,13-14,16-21,23-25,28-29,49H2,1-2H3,(H,50,59,61)/t33-/m0/s1. The molecule has 320 valence electrons. The van der Waals surface area contributed by atoms with Gasteiger partial charge in [0.2, 0.25) is 5.91 Å². The second-order valence-electron chi connectivity index (χ2n) is 17.6. The number of para-hydroxylation sites is 1. The number of carbonyl (C=O) groups is 3. The minimum atomic E-state index is -1.35. The second-order valence-corrected chi connectivity index (χ2v) is 17.6. The molecule has 4 fully saturated rings. The number of urea groups is 1. The highest BCUT2D eigenvalue weighted by Crippen LogP contribution is 2.38. The van der Waals surface area contributed by atoms with Gasteiger partial charge in [0.1, 0.15) is 17.2 Å². The SMILES string of the molecule is Cc1cc(C(=O)N2CCC(F)(CN3CCC(n4ccc5c(N6CCC(=O)NC6=O)c(C)ccc54)CC3)CC2)ccc1[C@H]1CCCN(C2=C(N)NNC(c3ccccc3O)=C2)C1. The molecule has 5 aliphatic heterocycles. The number of rotatable bonds is 8. The zero-order valence-corrected chi connectivity index (χ0v) is 35.1. The minimum Gasteiger partial charge on any atom is -0.507 e. The summed E-state index contributed by atoms with van der Waals surface area (Å²) in [6, 6.07) is 19.3. The quantitative estimate of drug-likeness (QED) is 0.141. The fourth-order valence-electron chi connectivity index (χ4n) is 10.3. The summed E-state index contributed by atoms with van der Waals surface area (Å²) in [5, 5.41) is 13.9. The number of halogens is 1. The van der Waals surface area contributed by atoms with Gasteiger partial charge in [-0.25, -0.2) is 9.18 Å². The second kappa shape index (κ2) is 16.4. The molecule has 0 spiro atoms. The first kappa shape index (κ1) is 40.4. The van der Waals surface area contributed by atoms with Crippen molar-refractivity contribution >= 4 is 40.1 Å². The number of piperidine rings is 3. The smallest absolute Gasteiger partial charge is 0.328 e. The summed E-state index contributed by atoms with van der Waals surface area (Å²) in [6.45, 7) is 8.77. The number of anilines is 1. The lowest BCUT2D eigenvalue weighted by Gasteiger charge is -2.41. The molecule has 5 aliphatic rings. The molecular formula is C47H56FN9O4. The lowest BCUT2D eigenvalue weighted by Crippen LogP contribution is -2.51. The van der Waals surface area contributed by atoms with Gasteiger partial charge < -0.3 is 30.1 Å². The van der Waals surface area contributed by atoms with E-state index in [2.05, 4.69) is 61.9 Å². The molecule has 4 saturated heterocycles.